The molecule has 1 aliphatic rings. The van der Waals surface area contributed by atoms with Gasteiger partial charge < -0.3 is 5.11 Å². The maximum absolute atomic E-state index is 13.4. The lowest BCUT2D eigenvalue weighted by molar-refractivity contribution is -0.136. The van der Waals surface area contributed by atoms with Crippen molar-refractivity contribution in [3.8, 4) is 11.1 Å². The number of benzene rings is 1. The molecule has 5 heteroatoms. The zero-order valence-corrected chi connectivity index (χ0v) is 14.8. The molecular formula is C20H18FNO2S. The Balaban J connectivity index is 2.08. The normalized spacial score (nSPS) is 13.8. The molecule has 0 atom stereocenters. The fourth-order valence-electron chi connectivity index (χ4n) is 3.74. The highest BCUT2D eigenvalue weighted by Crippen LogP contribution is 2.43. The van der Waals surface area contributed by atoms with Crippen molar-refractivity contribution < 1.29 is 14.3 Å². The molecule has 25 heavy (non-hydrogen) atoms. The summed E-state index contributed by atoms with van der Waals surface area (Å²) in [6.45, 7) is 1.86. The summed E-state index contributed by atoms with van der Waals surface area (Å²) >= 11 is 1.72. The predicted molar refractivity (Wildman–Crippen MR) is 97.7 cm³/mol. The van der Waals surface area contributed by atoms with Crippen molar-refractivity contribution in [2.75, 3.05) is 0 Å². The fourth-order valence-corrected chi connectivity index (χ4v) is 5.06. The first-order valence-corrected chi connectivity index (χ1v) is 9.27. The number of hydrogen-bond acceptors (Lipinski definition) is 3. The quantitative estimate of drug-likeness (QED) is 0.726. The predicted octanol–water partition coefficient (Wildman–Crippen LogP) is 4.92. The van der Waals surface area contributed by atoms with Crippen molar-refractivity contribution in [3.63, 3.8) is 0 Å². The van der Waals surface area contributed by atoms with Gasteiger partial charge >= 0.3 is 5.97 Å². The number of hydrogen-bond donors (Lipinski definition) is 1. The van der Waals surface area contributed by atoms with Crippen LogP contribution in [0.3, 0.4) is 0 Å². The summed E-state index contributed by atoms with van der Waals surface area (Å²) in [5.41, 5.74) is 4.57. The second-order valence-electron chi connectivity index (χ2n) is 6.52. The standard InChI is InChI=1S/C20H18FNO2S/c1-11-15(10-17(23)24)18(12-6-8-13(21)9-7-12)19-14-4-2-3-5-16(14)25-20(19)22-11/h6-9H,2-5,10H2,1H3,(H,23,24). The summed E-state index contributed by atoms with van der Waals surface area (Å²) in [5.74, 6) is -1.17. The smallest absolute Gasteiger partial charge is 0.307 e. The minimum absolute atomic E-state index is 0.0773. The van der Waals surface area contributed by atoms with Gasteiger partial charge in [-0.05, 0) is 67.0 Å². The molecule has 2 heterocycles. The highest BCUT2D eigenvalue weighted by Gasteiger charge is 2.24. The first-order chi connectivity index (χ1) is 12.0. The van der Waals surface area contributed by atoms with Crippen LogP contribution < -0.4 is 0 Å². The molecule has 0 spiro atoms. The molecular weight excluding hydrogens is 337 g/mol. The number of carbonyl (C=O) groups is 1. The van der Waals surface area contributed by atoms with Gasteiger partial charge in [0.15, 0.2) is 0 Å². The van der Waals surface area contributed by atoms with E-state index in [9.17, 15) is 14.3 Å². The van der Waals surface area contributed by atoms with E-state index in [0.29, 0.717) is 0 Å². The monoisotopic (exact) mass is 355 g/mol. The molecule has 1 aliphatic carbocycles. The highest BCUT2D eigenvalue weighted by atomic mass is 32.1. The number of fused-ring (bicyclic) bond motifs is 3. The van der Waals surface area contributed by atoms with Gasteiger partial charge in [-0.25, -0.2) is 9.37 Å². The molecule has 0 saturated carbocycles. The van der Waals surface area contributed by atoms with Gasteiger partial charge in [0.2, 0.25) is 0 Å². The first kappa shape index (κ1) is 16.2. The minimum Gasteiger partial charge on any atom is -0.481 e. The van der Waals surface area contributed by atoms with Crippen molar-refractivity contribution in [2.45, 2.75) is 39.0 Å². The SMILES string of the molecule is Cc1nc2sc3c(c2c(-c2ccc(F)cc2)c1CC(=O)O)CCCC3. The van der Waals surface area contributed by atoms with Crippen molar-refractivity contribution in [3.05, 3.63) is 51.8 Å². The van der Waals surface area contributed by atoms with Crippen molar-refractivity contribution in [1.82, 2.24) is 4.98 Å². The van der Waals surface area contributed by atoms with Crippen LogP contribution in [0, 0.1) is 12.7 Å². The molecule has 3 nitrogen and oxygen atoms in total. The molecule has 0 amide bonds. The van der Waals surface area contributed by atoms with Crippen LogP contribution in [0.25, 0.3) is 21.3 Å². The van der Waals surface area contributed by atoms with Gasteiger partial charge in [0.25, 0.3) is 0 Å². The van der Waals surface area contributed by atoms with Crippen molar-refractivity contribution >= 4 is 27.5 Å². The van der Waals surface area contributed by atoms with Gasteiger partial charge in [-0.3, -0.25) is 4.79 Å². The second kappa shape index (κ2) is 6.23. The lowest BCUT2D eigenvalue weighted by atomic mass is 9.89. The molecule has 0 unspecified atom stereocenters. The van der Waals surface area contributed by atoms with Crippen LogP contribution in [0.4, 0.5) is 4.39 Å². The van der Waals surface area contributed by atoms with Gasteiger partial charge in [0.1, 0.15) is 10.6 Å². The van der Waals surface area contributed by atoms with Crippen LogP contribution in [0.5, 0.6) is 0 Å². The van der Waals surface area contributed by atoms with E-state index in [2.05, 4.69) is 0 Å². The number of aliphatic carboxylic acids is 1. The Morgan fingerprint density at radius 1 is 1.24 bits per heavy atom. The summed E-state index contributed by atoms with van der Waals surface area (Å²) in [5, 5.41) is 10.5. The van der Waals surface area contributed by atoms with E-state index >= 15 is 0 Å². The largest absolute Gasteiger partial charge is 0.481 e. The lowest BCUT2D eigenvalue weighted by Gasteiger charge is -2.16. The van der Waals surface area contributed by atoms with Gasteiger partial charge in [0.05, 0.1) is 6.42 Å². The topological polar surface area (TPSA) is 50.2 Å². The number of aryl methyl sites for hydroxylation is 3. The van der Waals surface area contributed by atoms with E-state index in [1.165, 1.54) is 29.0 Å². The highest BCUT2D eigenvalue weighted by molar-refractivity contribution is 7.19. The van der Waals surface area contributed by atoms with E-state index < -0.39 is 5.97 Å². The number of thiophene rings is 1. The Bertz CT molecular complexity index is 976. The average Bonchev–Trinajstić information content (AvgIpc) is 2.94. The lowest BCUT2D eigenvalue weighted by Crippen LogP contribution is -2.07. The molecule has 128 valence electrons. The maximum Gasteiger partial charge on any atom is 0.307 e. The third kappa shape index (κ3) is 2.82. The Morgan fingerprint density at radius 3 is 2.68 bits per heavy atom. The van der Waals surface area contributed by atoms with Crippen LogP contribution >= 0.6 is 11.3 Å². The molecule has 1 N–H and O–H groups in total. The molecule has 0 aliphatic heterocycles. The number of aromatic nitrogens is 1. The van der Waals surface area contributed by atoms with E-state index in [-0.39, 0.29) is 12.2 Å². The Morgan fingerprint density at radius 2 is 1.96 bits per heavy atom. The van der Waals surface area contributed by atoms with E-state index in [0.717, 1.165) is 51.9 Å². The zero-order chi connectivity index (χ0) is 17.6. The van der Waals surface area contributed by atoms with E-state index in [4.69, 9.17) is 4.98 Å². The Kier molecular flexibility index (Phi) is 4.04. The zero-order valence-electron chi connectivity index (χ0n) is 13.9. The average molecular weight is 355 g/mol. The summed E-state index contributed by atoms with van der Waals surface area (Å²) in [4.78, 5) is 18.5. The fraction of sp³-hybridized carbons (Fsp3) is 0.300. The number of carboxylic acid groups (broad SMARTS) is 1. The van der Waals surface area contributed by atoms with Crippen molar-refractivity contribution in [2.24, 2.45) is 0 Å². The minimum atomic E-state index is -0.878. The second-order valence-corrected chi connectivity index (χ2v) is 7.60. The maximum atomic E-state index is 13.4. The number of carboxylic acids is 1. The van der Waals surface area contributed by atoms with E-state index in [1.54, 1.807) is 23.5 Å². The number of rotatable bonds is 3. The third-order valence-electron chi connectivity index (χ3n) is 4.87. The Labute approximate surface area is 149 Å². The van der Waals surface area contributed by atoms with Gasteiger partial charge in [-0.1, -0.05) is 12.1 Å². The summed E-state index contributed by atoms with van der Waals surface area (Å²) in [7, 11) is 0. The molecule has 4 rings (SSSR count). The van der Waals surface area contributed by atoms with Crippen LogP contribution in [0.2, 0.25) is 0 Å². The summed E-state index contributed by atoms with van der Waals surface area (Å²) < 4.78 is 13.4. The molecule has 0 saturated heterocycles. The number of pyridine rings is 1. The molecule has 3 aromatic rings. The van der Waals surface area contributed by atoms with Crippen LogP contribution in [-0.2, 0) is 24.1 Å². The molecule has 0 radical (unpaired) electrons. The number of nitrogens with zero attached hydrogens (tertiary/aromatic N) is 1. The van der Waals surface area contributed by atoms with Gasteiger partial charge in [-0.2, -0.15) is 0 Å². The third-order valence-corrected chi connectivity index (χ3v) is 6.06. The molecule has 0 fully saturated rings. The van der Waals surface area contributed by atoms with Crippen LogP contribution in [0.1, 0.15) is 34.5 Å². The Hall–Kier alpha value is -2.27. The molecule has 0 bridgehead atoms. The summed E-state index contributed by atoms with van der Waals surface area (Å²) in [6.07, 6.45) is 4.32. The van der Waals surface area contributed by atoms with Crippen LogP contribution in [0.15, 0.2) is 24.3 Å². The molecule has 2 aromatic heterocycles. The molecule has 1 aromatic carbocycles. The van der Waals surface area contributed by atoms with Gasteiger partial charge in [0, 0.05) is 16.0 Å². The first-order valence-electron chi connectivity index (χ1n) is 8.46. The number of halogens is 1. The van der Waals surface area contributed by atoms with Crippen molar-refractivity contribution in [1.29, 1.82) is 0 Å². The van der Waals surface area contributed by atoms with Gasteiger partial charge in [-0.15, -0.1) is 11.3 Å². The van der Waals surface area contributed by atoms with E-state index in [1.807, 2.05) is 6.92 Å². The summed E-state index contributed by atoms with van der Waals surface area (Å²) in [6, 6.07) is 6.34. The van der Waals surface area contributed by atoms with Crippen LogP contribution in [-0.4, -0.2) is 16.1 Å².